The monoisotopic (exact) mass is 487 g/mol. The van der Waals surface area contributed by atoms with E-state index in [9.17, 15) is 24.3 Å². The molecule has 7 nitrogen and oxygen atoms in total. The molecule has 1 fully saturated rings. The van der Waals surface area contributed by atoms with E-state index in [-0.39, 0.29) is 41.5 Å². The van der Waals surface area contributed by atoms with E-state index in [0.717, 1.165) is 11.1 Å². The molecule has 0 aromatic heterocycles. The lowest BCUT2D eigenvalue weighted by Gasteiger charge is -2.41. The average molecular weight is 488 g/mol. The zero-order chi connectivity index (χ0) is 25.7. The van der Waals surface area contributed by atoms with Crippen molar-refractivity contribution in [3.05, 3.63) is 64.3 Å². The first kappa shape index (κ1) is 24.0. The second kappa shape index (κ2) is 9.04. The number of ether oxygens (including phenoxy) is 1. The summed E-state index contributed by atoms with van der Waals surface area (Å²) in [6.45, 7) is 3.97. The lowest BCUT2D eigenvalue weighted by Crippen LogP contribution is -2.40. The highest BCUT2D eigenvalue weighted by Gasteiger charge is 2.55. The Morgan fingerprint density at radius 3 is 2.64 bits per heavy atom. The van der Waals surface area contributed by atoms with E-state index in [1.165, 1.54) is 24.2 Å². The zero-order valence-electron chi connectivity index (χ0n) is 20.6. The molecule has 0 unspecified atom stereocenters. The van der Waals surface area contributed by atoms with Crippen molar-refractivity contribution in [3.8, 4) is 11.5 Å². The van der Waals surface area contributed by atoms with E-state index in [0.29, 0.717) is 41.9 Å². The van der Waals surface area contributed by atoms with Gasteiger partial charge in [-0.1, -0.05) is 36.8 Å². The summed E-state index contributed by atoms with van der Waals surface area (Å²) in [4.78, 5) is 54.2. The van der Waals surface area contributed by atoms with E-state index in [1.807, 2.05) is 25.2 Å². The molecule has 1 aliphatic heterocycles. The number of likely N-dealkylation sites (tertiary alicyclic amines) is 1. The fraction of sp³-hybridized carbons (Fsp3) is 0.379. The third kappa shape index (κ3) is 3.65. The number of hydrogen-bond acceptors (Lipinski definition) is 6. The standard InChI is InChI=1S/C29H29NO6/c1-4-11-30-28(34)19-9-8-17-18(7-5-16-6-10-22(31)24(13-16)36-3)25-21(14-20(17)26(19)29(30)35)27(33)15(2)12-23(25)32/h5-8,10,12-13,18-20,26,31H,4,9,11,14H2,1-3H3/t18-,19-,20+,26-/m0/s1. The largest absolute Gasteiger partial charge is 0.504 e. The van der Waals surface area contributed by atoms with Crippen LogP contribution in [-0.4, -0.2) is 47.0 Å². The number of aromatic hydroxyl groups is 1. The number of ketones is 2. The maximum Gasteiger partial charge on any atom is 0.233 e. The first-order chi connectivity index (χ1) is 17.3. The van der Waals surface area contributed by atoms with Crippen molar-refractivity contribution >= 4 is 29.5 Å². The van der Waals surface area contributed by atoms with Crippen molar-refractivity contribution in [1.82, 2.24) is 4.90 Å². The Balaban J connectivity index is 1.59. The smallest absolute Gasteiger partial charge is 0.233 e. The summed E-state index contributed by atoms with van der Waals surface area (Å²) in [6, 6.07) is 4.95. The van der Waals surface area contributed by atoms with Gasteiger partial charge in [-0.2, -0.15) is 0 Å². The molecule has 4 atom stereocenters. The second-order valence-corrected chi connectivity index (χ2v) is 9.89. The first-order valence-electron chi connectivity index (χ1n) is 12.4. The molecule has 186 valence electrons. The average Bonchev–Trinajstić information content (AvgIpc) is 3.11. The van der Waals surface area contributed by atoms with Crippen molar-refractivity contribution in [2.45, 2.75) is 33.1 Å². The minimum absolute atomic E-state index is 0.0214. The van der Waals surface area contributed by atoms with Crippen molar-refractivity contribution in [3.63, 3.8) is 0 Å². The molecule has 0 radical (unpaired) electrons. The molecular formula is C29H29NO6. The molecule has 2 amide bonds. The van der Waals surface area contributed by atoms with Crippen molar-refractivity contribution in [2.24, 2.45) is 23.7 Å². The number of carbonyl (C=O) groups is 4. The Hall–Kier alpha value is -3.74. The summed E-state index contributed by atoms with van der Waals surface area (Å²) in [6.07, 6.45) is 8.53. The number of phenolic OH excluding ortho intramolecular Hbond substituents is 1. The number of carbonyl (C=O) groups excluding carboxylic acids is 4. The molecule has 3 aliphatic carbocycles. The van der Waals surface area contributed by atoms with Gasteiger partial charge >= 0.3 is 0 Å². The van der Waals surface area contributed by atoms with Gasteiger partial charge in [0, 0.05) is 29.2 Å². The van der Waals surface area contributed by atoms with Crippen LogP contribution in [-0.2, 0) is 19.2 Å². The van der Waals surface area contributed by atoms with Crippen molar-refractivity contribution in [2.75, 3.05) is 13.7 Å². The van der Waals surface area contributed by atoms with Gasteiger partial charge < -0.3 is 9.84 Å². The molecule has 1 aromatic carbocycles. The molecule has 1 aromatic rings. The molecule has 0 bridgehead atoms. The summed E-state index contributed by atoms with van der Waals surface area (Å²) in [5, 5.41) is 9.92. The fourth-order valence-electron chi connectivity index (χ4n) is 6.17. The minimum Gasteiger partial charge on any atom is -0.504 e. The van der Waals surface area contributed by atoms with Gasteiger partial charge in [-0.3, -0.25) is 24.1 Å². The molecule has 1 saturated heterocycles. The highest BCUT2D eigenvalue weighted by Crippen LogP contribution is 2.52. The number of phenols is 1. The van der Waals surface area contributed by atoms with E-state index in [2.05, 4.69) is 0 Å². The number of fused-ring (bicyclic) bond motifs is 3. The van der Waals surface area contributed by atoms with E-state index < -0.39 is 17.8 Å². The second-order valence-electron chi connectivity index (χ2n) is 9.89. The Kier molecular flexibility index (Phi) is 6.02. The zero-order valence-corrected chi connectivity index (χ0v) is 20.6. The van der Waals surface area contributed by atoms with Crippen LogP contribution in [0.3, 0.4) is 0 Å². The molecule has 1 N–H and O–H groups in total. The molecular weight excluding hydrogens is 458 g/mol. The number of amides is 2. The number of imide groups is 1. The maximum absolute atomic E-state index is 13.4. The lowest BCUT2D eigenvalue weighted by molar-refractivity contribution is -0.140. The van der Waals surface area contributed by atoms with Gasteiger partial charge in [0.05, 0.1) is 18.9 Å². The normalized spacial score (nSPS) is 27.7. The molecule has 4 aliphatic rings. The van der Waals surface area contributed by atoms with Crippen LogP contribution in [0.2, 0.25) is 0 Å². The summed E-state index contributed by atoms with van der Waals surface area (Å²) in [7, 11) is 1.47. The summed E-state index contributed by atoms with van der Waals surface area (Å²) < 4.78 is 5.21. The molecule has 5 rings (SSSR count). The number of allylic oxidation sites excluding steroid dienone is 7. The van der Waals surface area contributed by atoms with Gasteiger partial charge in [-0.15, -0.1) is 0 Å². The molecule has 0 spiro atoms. The van der Waals surface area contributed by atoms with Crippen LogP contribution in [0.15, 0.2) is 58.7 Å². The molecule has 36 heavy (non-hydrogen) atoms. The van der Waals surface area contributed by atoms with Crippen LogP contribution >= 0.6 is 0 Å². The SMILES string of the molecule is CCCN1C(=O)[C@H]2[C@H](CC=C3[C@H](C=Cc4ccc(O)c(OC)c4)C4=C(C[C@H]32)C(=O)C(C)=CC4=O)C1=O. The number of nitrogens with zero attached hydrogens (tertiary/aromatic N) is 1. The van der Waals surface area contributed by atoms with Gasteiger partial charge in [-0.05, 0) is 55.9 Å². The Labute approximate surface area is 209 Å². The van der Waals surface area contributed by atoms with Crippen LogP contribution in [0.25, 0.3) is 6.08 Å². The number of methoxy groups -OCH3 is 1. The van der Waals surface area contributed by atoms with Gasteiger partial charge in [0.25, 0.3) is 0 Å². The summed E-state index contributed by atoms with van der Waals surface area (Å²) >= 11 is 0. The van der Waals surface area contributed by atoms with E-state index in [1.54, 1.807) is 19.1 Å². The minimum atomic E-state index is -0.517. The fourth-order valence-corrected chi connectivity index (χ4v) is 6.17. The lowest BCUT2D eigenvalue weighted by atomic mass is 9.60. The highest BCUT2D eigenvalue weighted by atomic mass is 16.5. The van der Waals surface area contributed by atoms with Gasteiger partial charge in [-0.25, -0.2) is 0 Å². The third-order valence-corrected chi connectivity index (χ3v) is 7.83. The van der Waals surface area contributed by atoms with Crippen LogP contribution in [0.1, 0.15) is 38.7 Å². The topological polar surface area (TPSA) is 101 Å². The third-order valence-electron chi connectivity index (χ3n) is 7.83. The van der Waals surface area contributed by atoms with Crippen molar-refractivity contribution < 1.29 is 29.0 Å². The predicted octanol–water partition coefficient (Wildman–Crippen LogP) is 3.79. The molecule has 0 saturated carbocycles. The van der Waals surface area contributed by atoms with E-state index >= 15 is 0 Å². The van der Waals surface area contributed by atoms with Crippen LogP contribution < -0.4 is 4.74 Å². The number of rotatable bonds is 5. The predicted molar refractivity (Wildman–Crippen MR) is 133 cm³/mol. The van der Waals surface area contributed by atoms with Crippen molar-refractivity contribution in [1.29, 1.82) is 0 Å². The Morgan fingerprint density at radius 2 is 1.92 bits per heavy atom. The van der Waals surface area contributed by atoms with Crippen LogP contribution in [0.4, 0.5) is 0 Å². The number of Topliss-reactive ketones (excluding diaryl/α,β-unsaturated/α-hetero) is 1. The molecule has 1 heterocycles. The number of benzene rings is 1. The summed E-state index contributed by atoms with van der Waals surface area (Å²) in [5.41, 5.74) is 2.98. The quantitative estimate of drug-likeness (QED) is 0.385. The Bertz CT molecular complexity index is 1310. The van der Waals surface area contributed by atoms with Gasteiger partial charge in [0.1, 0.15) is 0 Å². The molecule has 7 heteroatoms. The first-order valence-corrected chi connectivity index (χ1v) is 12.4. The van der Waals surface area contributed by atoms with Crippen LogP contribution in [0, 0.1) is 23.7 Å². The number of hydrogen-bond donors (Lipinski definition) is 1. The van der Waals surface area contributed by atoms with E-state index in [4.69, 9.17) is 4.74 Å². The van der Waals surface area contributed by atoms with Gasteiger partial charge in [0.15, 0.2) is 23.1 Å². The Morgan fingerprint density at radius 1 is 1.14 bits per heavy atom. The van der Waals surface area contributed by atoms with Gasteiger partial charge in [0.2, 0.25) is 11.8 Å². The summed E-state index contributed by atoms with van der Waals surface area (Å²) in [5.74, 6) is -2.04. The van der Waals surface area contributed by atoms with Crippen LogP contribution in [0.5, 0.6) is 11.5 Å². The maximum atomic E-state index is 13.4. The highest BCUT2D eigenvalue weighted by molar-refractivity contribution is 6.23.